The van der Waals surface area contributed by atoms with Crippen LogP contribution in [-0.2, 0) is 56.0 Å². The van der Waals surface area contributed by atoms with Crippen molar-refractivity contribution in [2.45, 2.75) is 114 Å². The lowest BCUT2D eigenvalue weighted by Crippen LogP contribution is -2.61. The minimum atomic E-state index is -1.61. The molecule has 2 aliphatic rings. The molecule has 0 unspecified atom stereocenters. The zero-order chi connectivity index (χ0) is 49.9. The molecule has 0 saturated carbocycles. The minimum absolute atomic E-state index is 0.0318. The van der Waals surface area contributed by atoms with Crippen molar-refractivity contribution in [1.82, 2.24) is 47.4 Å². The van der Waals surface area contributed by atoms with E-state index in [1.54, 1.807) is 55.6 Å². The summed E-state index contributed by atoms with van der Waals surface area (Å²) in [5.41, 5.74) is 11.6. The smallest absolute Gasteiger partial charge is 0.246 e. The van der Waals surface area contributed by atoms with E-state index in [1.807, 2.05) is 0 Å². The normalized spacial score (nSPS) is 22.9. The average molecular weight is 1000 g/mol. The van der Waals surface area contributed by atoms with Crippen LogP contribution in [-0.4, -0.2) is 138 Å². The highest BCUT2D eigenvalue weighted by molar-refractivity contribution is 7.99. The summed E-state index contributed by atoms with van der Waals surface area (Å²) in [5, 5.41) is 31.1. The van der Waals surface area contributed by atoms with Crippen LogP contribution >= 0.6 is 34.7 Å². The molecule has 0 spiro atoms. The number of guanidine groups is 1. The molecule has 2 fully saturated rings. The van der Waals surface area contributed by atoms with Crippen LogP contribution in [0.4, 0.5) is 0 Å². The summed E-state index contributed by atoms with van der Waals surface area (Å²) in [6.45, 7) is 3.71. The molecule has 7 atom stereocenters. The van der Waals surface area contributed by atoms with E-state index < -0.39 is 108 Å². The van der Waals surface area contributed by atoms with Crippen LogP contribution < -0.4 is 54.0 Å². The number of thiophene rings is 1. The molecule has 1 aromatic heterocycles. The Morgan fingerprint density at radius 2 is 1.56 bits per heavy atom. The summed E-state index contributed by atoms with van der Waals surface area (Å²) in [4.78, 5) is 125. The highest BCUT2D eigenvalue weighted by atomic mass is 35.5. The van der Waals surface area contributed by atoms with Crippen LogP contribution in [0, 0.1) is 11.3 Å². The molecule has 372 valence electrons. The first-order valence-electron chi connectivity index (χ1n) is 22.4. The average Bonchev–Trinajstić information content (AvgIpc) is 4.00. The lowest BCUT2D eigenvalue weighted by atomic mass is 10.0. The summed E-state index contributed by atoms with van der Waals surface area (Å²) in [6.07, 6.45) is 0.906. The molecule has 2 aromatic rings. The molecule has 2 saturated heterocycles. The van der Waals surface area contributed by atoms with Crippen LogP contribution in [0.3, 0.4) is 0 Å². The van der Waals surface area contributed by atoms with Crippen molar-refractivity contribution < 1.29 is 43.2 Å². The molecule has 0 aliphatic carbocycles. The summed E-state index contributed by atoms with van der Waals surface area (Å²) in [5.74, 6) is -6.89. The predicted molar refractivity (Wildman–Crippen MR) is 258 cm³/mol. The number of thioether (sulfide) groups is 1. The largest absolute Gasteiger partial charge is 0.370 e. The van der Waals surface area contributed by atoms with Gasteiger partial charge in [0.05, 0.1) is 6.42 Å². The lowest BCUT2D eigenvalue weighted by molar-refractivity contribution is -0.142. The lowest BCUT2D eigenvalue weighted by Gasteiger charge is -2.31. The number of carbonyl (C=O) groups is 9. The maximum Gasteiger partial charge on any atom is 0.246 e. The monoisotopic (exact) mass is 1000 g/mol. The SMILES string of the molecule is CNC(=O)[C@@H](CCCNC(=N)N)NC(=O)[C@@H]1CCCN1C(=O)[C@@H]1CSCCCC(=O)N[C@@H](Cc2ccc(Cl)cc2)C(=O)N[C@@H](Cc2cccs2)C(=O)N[C@@H](C(C)C)C(=O)N[C@@H](CC(N)=O)C(=O)N1. The van der Waals surface area contributed by atoms with Crippen LogP contribution in [0.1, 0.15) is 69.2 Å². The van der Waals surface area contributed by atoms with E-state index in [1.165, 1.54) is 35.0 Å². The van der Waals surface area contributed by atoms with Gasteiger partial charge in [-0.1, -0.05) is 43.6 Å². The number of halogens is 1. The molecule has 13 N–H and O–H groups in total. The van der Waals surface area contributed by atoms with Gasteiger partial charge >= 0.3 is 0 Å². The standard InChI is InChI=1S/C44H63ClN12O9S2/c1-24(2)36-42(65)54-31(22-34(46)58)39(62)55-32(43(66)57-17-5-10-33(57)41(64)52-28(37(60)49-3)9-4-16-50-44(47)48)23-67-18-7-11-35(59)51-29(20-25-12-14-26(45)15-13-25)38(61)53-30(40(63)56-36)21-27-8-6-19-68-27/h6,8,12-15,19,24,28-33,36H,4-5,7,9-11,16-18,20-23H2,1-3H3,(H2,46,58)(H,49,60)(H,51,59)(H,52,64)(H,53,61)(H,54,65)(H,55,62)(H,56,63)(H4,47,48,50)/t28-,29+,30+,31+,32+,33+,36+/m1/s1. The van der Waals surface area contributed by atoms with Gasteiger partial charge in [0.1, 0.15) is 42.3 Å². The second-order valence-electron chi connectivity index (χ2n) is 16.8. The molecular formula is C44H63ClN12O9S2. The van der Waals surface area contributed by atoms with Gasteiger partial charge in [-0.25, -0.2) is 0 Å². The first-order valence-corrected chi connectivity index (χ1v) is 24.8. The fraction of sp³-hybridized carbons (Fsp3) is 0.545. The predicted octanol–water partition coefficient (Wildman–Crippen LogP) is -0.846. The number of benzene rings is 1. The fourth-order valence-corrected chi connectivity index (χ4v) is 9.49. The van der Waals surface area contributed by atoms with Crippen molar-refractivity contribution in [3.8, 4) is 0 Å². The number of hydrogen-bond donors (Lipinski definition) is 11. The highest BCUT2D eigenvalue weighted by Gasteiger charge is 2.40. The number of likely N-dealkylation sites (tertiary alicyclic amines) is 1. The molecular weight excluding hydrogens is 940 g/mol. The Kier molecular flexibility index (Phi) is 21.8. The number of primary amides is 1. The van der Waals surface area contributed by atoms with Gasteiger partial charge in [0, 0.05) is 55.1 Å². The van der Waals surface area contributed by atoms with Gasteiger partial charge in [0.25, 0.3) is 0 Å². The number of carbonyl (C=O) groups excluding carboxylic acids is 9. The van der Waals surface area contributed by atoms with Crippen LogP contribution in [0.15, 0.2) is 41.8 Å². The maximum absolute atomic E-state index is 14.5. The van der Waals surface area contributed by atoms with Crippen LogP contribution in [0.25, 0.3) is 0 Å². The van der Waals surface area contributed by atoms with E-state index in [9.17, 15) is 43.2 Å². The molecule has 68 heavy (non-hydrogen) atoms. The number of nitrogens with zero attached hydrogens (tertiary/aromatic N) is 1. The van der Waals surface area contributed by atoms with E-state index in [0.29, 0.717) is 29.2 Å². The summed E-state index contributed by atoms with van der Waals surface area (Å²) in [6, 6.07) is 1.75. The van der Waals surface area contributed by atoms with Crippen molar-refractivity contribution in [2.24, 2.45) is 17.4 Å². The van der Waals surface area contributed by atoms with Gasteiger partial charge < -0.3 is 58.9 Å². The topological polar surface area (TPSA) is 329 Å². The summed E-state index contributed by atoms with van der Waals surface area (Å²) < 4.78 is 0. The van der Waals surface area contributed by atoms with Crippen molar-refractivity contribution in [2.75, 3.05) is 31.6 Å². The third-order valence-electron chi connectivity index (χ3n) is 11.2. The van der Waals surface area contributed by atoms with E-state index in [-0.39, 0.29) is 63.3 Å². The summed E-state index contributed by atoms with van der Waals surface area (Å²) >= 11 is 8.69. The molecule has 4 rings (SSSR count). The Hall–Kier alpha value is -5.94. The molecule has 0 radical (unpaired) electrons. The number of hydrogen-bond acceptors (Lipinski definition) is 12. The maximum atomic E-state index is 14.5. The highest BCUT2D eigenvalue weighted by Crippen LogP contribution is 2.22. The number of rotatable bonds is 15. The molecule has 3 heterocycles. The van der Waals surface area contributed by atoms with Gasteiger partial charge in [-0.05, 0) is 72.9 Å². The Morgan fingerprint density at radius 3 is 2.21 bits per heavy atom. The second-order valence-corrected chi connectivity index (χ2v) is 19.5. The third-order valence-corrected chi connectivity index (χ3v) is 13.5. The van der Waals surface area contributed by atoms with Gasteiger partial charge in [0.15, 0.2) is 5.96 Å². The van der Waals surface area contributed by atoms with Gasteiger partial charge in [-0.3, -0.25) is 48.6 Å². The molecule has 24 heteroatoms. The molecule has 1 aromatic carbocycles. The number of likely N-dealkylation sites (N-methyl/N-ethyl adjacent to an activating group) is 1. The number of amides is 9. The Morgan fingerprint density at radius 1 is 0.882 bits per heavy atom. The molecule has 9 amide bonds. The first kappa shape index (κ1) is 54.7. The van der Waals surface area contributed by atoms with Gasteiger partial charge in [-0.2, -0.15) is 11.8 Å². The Bertz CT molecular complexity index is 2110. The van der Waals surface area contributed by atoms with Gasteiger partial charge in [0.2, 0.25) is 53.2 Å². The Balaban J connectivity index is 1.64. The van der Waals surface area contributed by atoms with Gasteiger partial charge in [-0.15, -0.1) is 11.3 Å². The number of nitrogens with one attached hydrogen (secondary N) is 9. The molecule has 21 nitrogen and oxygen atoms in total. The zero-order valence-electron chi connectivity index (χ0n) is 38.3. The van der Waals surface area contributed by atoms with Crippen molar-refractivity contribution in [3.63, 3.8) is 0 Å². The first-order chi connectivity index (χ1) is 32.4. The molecule has 0 bridgehead atoms. The van der Waals surface area contributed by atoms with Crippen molar-refractivity contribution in [1.29, 1.82) is 5.41 Å². The van der Waals surface area contributed by atoms with E-state index in [2.05, 4.69) is 42.5 Å². The third kappa shape index (κ3) is 17.3. The number of nitrogens with two attached hydrogens (primary N) is 2. The zero-order valence-corrected chi connectivity index (χ0v) is 40.7. The second kappa shape index (κ2) is 27.2. The Labute approximate surface area is 408 Å². The van der Waals surface area contributed by atoms with Crippen LogP contribution in [0.5, 0.6) is 0 Å². The van der Waals surface area contributed by atoms with Crippen LogP contribution in [0.2, 0.25) is 5.02 Å². The van der Waals surface area contributed by atoms with E-state index in [0.717, 1.165) is 4.88 Å². The quantitative estimate of drug-likeness (QED) is 0.0591. The van der Waals surface area contributed by atoms with E-state index in [4.69, 9.17) is 28.5 Å². The molecule has 2 aliphatic heterocycles. The van der Waals surface area contributed by atoms with E-state index >= 15 is 0 Å². The minimum Gasteiger partial charge on any atom is -0.370 e. The summed E-state index contributed by atoms with van der Waals surface area (Å²) in [7, 11) is 1.42. The fourth-order valence-electron chi connectivity index (χ4n) is 7.63. The van der Waals surface area contributed by atoms with Crippen molar-refractivity contribution >= 4 is 93.8 Å². The van der Waals surface area contributed by atoms with Crippen molar-refractivity contribution in [3.05, 3.63) is 57.2 Å².